The predicted molar refractivity (Wildman–Crippen MR) is 126 cm³/mol. The Kier molecular flexibility index (Phi) is 6.52. The summed E-state index contributed by atoms with van der Waals surface area (Å²) in [4.78, 5) is 15.2. The molecular weight excluding hydrogens is 440 g/mol. The molecule has 0 saturated carbocycles. The molecule has 3 aromatic rings. The van der Waals surface area contributed by atoms with E-state index in [-0.39, 0.29) is 18.0 Å². The van der Waals surface area contributed by atoms with Gasteiger partial charge < -0.3 is 9.64 Å². The van der Waals surface area contributed by atoms with Crippen LogP contribution in [0.3, 0.4) is 0 Å². The molecule has 1 aliphatic heterocycles. The standard InChI is InChI=1S/C25H27BrN2O2/c1-2-28(23-12-5-8-19-7-3-4-11-22(19)23)24(29)18-27-25(13-15-30-16-14-25)20-9-6-10-21(26)17-20/h3-12,17,27H,2,13-16,18H2,1H3. The summed E-state index contributed by atoms with van der Waals surface area (Å²) in [5, 5.41) is 5.86. The Labute approximate surface area is 186 Å². The van der Waals surface area contributed by atoms with Crippen LogP contribution in [0.25, 0.3) is 10.8 Å². The molecule has 5 heteroatoms. The van der Waals surface area contributed by atoms with Crippen LogP contribution in [0, 0.1) is 0 Å². The van der Waals surface area contributed by atoms with Crippen molar-refractivity contribution in [3.63, 3.8) is 0 Å². The number of hydrogen-bond donors (Lipinski definition) is 1. The third kappa shape index (κ3) is 4.29. The van der Waals surface area contributed by atoms with Crippen molar-refractivity contribution in [2.24, 2.45) is 0 Å². The molecule has 0 aliphatic carbocycles. The van der Waals surface area contributed by atoms with Crippen molar-refractivity contribution < 1.29 is 9.53 Å². The fourth-order valence-electron chi connectivity index (χ4n) is 4.34. The van der Waals surface area contributed by atoms with Crippen LogP contribution < -0.4 is 10.2 Å². The summed E-state index contributed by atoms with van der Waals surface area (Å²) in [6.45, 7) is 4.31. The Morgan fingerprint density at radius 2 is 1.80 bits per heavy atom. The Morgan fingerprint density at radius 3 is 2.57 bits per heavy atom. The highest BCUT2D eigenvalue weighted by molar-refractivity contribution is 9.10. The van der Waals surface area contributed by atoms with Crippen molar-refractivity contribution in [2.75, 3.05) is 31.2 Å². The van der Waals surface area contributed by atoms with Gasteiger partial charge in [-0.15, -0.1) is 0 Å². The summed E-state index contributed by atoms with van der Waals surface area (Å²) in [5.74, 6) is 0.0784. The van der Waals surface area contributed by atoms with Crippen molar-refractivity contribution >= 4 is 38.3 Å². The van der Waals surface area contributed by atoms with Gasteiger partial charge in [0.1, 0.15) is 0 Å². The summed E-state index contributed by atoms with van der Waals surface area (Å²) >= 11 is 3.59. The van der Waals surface area contributed by atoms with Gasteiger partial charge in [-0.2, -0.15) is 0 Å². The van der Waals surface area contributed by atoms with E-state index in [2.05, 4.69) is 57.6 Å². The van der Waals surface area contributed by atoms with E-state index in [1.165, 1.54) is 5.56 Å². The number of nitrogens with one attached hydrogen (secondary N) is 1. The molecule has 0 atom stereocenters. The Morgan fingerprint density at radius 1 is 1.07 bits per heavy atom. The van der Waals surface area contributed by atoms with Crippen LogP contribution in [-0.4, -0.2) is 32.2 Å². The summed E-state index contributed by atoms with van der Waals surface area (Å²) < 4.78 is 6.67. The maximum absolute atomic E-state index is 13.3. The monoisotopic (exact) mass is 466 g/mol. The highest BCUT2D eigenvalue weighted by atomic mass is 79.9. The molecule has 1 fully saturated rings. The number of rotatable bonds is 6. The first kappa shape index (κ1) is 21.0. The molecule has 1 saturated heterocycles. The highest BCUT2D eigenvalue weighted by Crippen LogP contribution is 2.34. The first-order valence-corrected chi connectivity index (χ1v) is 11.3. The van der Waals surface area contributed by atoms with Crippen molar-refractivity contribution in [3.05, 3.63) is 76.8 Å². The number of carbonyl (C=O) groups excluding carboxylic acids is 1. The number of anilines is 1. The van der Waals surface area contributed by atoms with Gasteiger partial charge in [-0.1, -0.05) is 64.5 Å². The van der Waals surface area contributed by atoms with Crippen LogP contribution in [-0.2, 0) is 15.1 Å². The number of likely N-dealkylation sites (N-methyl/N-ethyl adjacent to an activating group) is 1. The van der Waals surface area contributed by atoms with Gasteiger partial charge in [-0.3, -0.25) is 10.1 Å². The molecule has 0 bridgehead atoms. The van der Waals surface area contributed by atoms with E-state index in [0.717, 1.165) is 33.8 Å². The molecule has 156 valence electrons. The second-order valence-corrected chi connectivity index (χ2v) is 8.61. The number of benzene rings is 3. The summed E-state index contributed by atoms with van der Waals surface area (Å²) in [7, 11) is 0. The topological polar surface area (TPSA) is 41.6 Å². The van der Waals surface area contributed by atoms with Gasteiger partial charge in [0, 0.05) is 35.2 Å². The van der Waals surface area contributed by atoms with Crippen molar-refractivity contribution in [1.82, 2.24) is 5.32 Å². The molecule has 3 aromatic carbocycles. The lowest BCUT2D eigenvalue weighted by atomic mass is 9.82. The van der Waals surface area contributed by atoms with Crippen molar-refractivity contribution in [2.45, 2.75) is 25.3 Å². The third-order valence-corrected chi connectivity index (χ3v) is 6.47. The smallest absolute Gasteiger partial charge is 0.240 e. The normalized spacial score (nSPS) is 15.8. The minimum Gasteiger partial charge on any atom is -0.381 e. The van der Waals surface area contributed by atoms with Crippen molar-refractivity contribution in [3.8, 4) is 0 Å². The Hall–Kier alpha value is -2.21. The summed E-state index contributed by atoms with van der Waals surface area (Å²) in [6, 6.07) is 22.7. The molecular formula is C25H27BrN2O2. The minimum atomic E-state index is -0.254. The van der Waals surface area contributed by atoms with Crippen LogP contribution in [0.2, 0.25) is 0 Å². The zero-order valence-corrected chi connectivity index (χ0v) is 18.8. The number of hydrogen-bond acceptors (Lipinski definition) is 3. The third-order valence-electron chi connectivity index (χ3n) is 5.98. The van der Waals surface area contributed by atoms with Gasteiger partial charge in [0.15, 0.2) is 0 Å². The molecule has 30 heavy (non-hydrogen) atoms. The lowest BCUT2D eigenvalue weighted by Crippen LogP contribution is -2.51. The molecule has 1 heterocycles. The van der Waals surface area contributed by atoms with E-state index in [1.54, 1.807) is 0 Å². The molecule has 0 spiro atoms. The van der Waals surface area contributed by atoms with E-state index >= 15 is 0 Å². The lowest BCUT2D eigenvalue weighted by molar-refractivity contribution is -0.118. The van der Waals surface area contributed by atoms with Crippen LogP contribution in [0.15, 0.2) is 71.2 Å². The molecule has 0 aromatic heterocycles. The number of ether oxygens (including phenoxy) is 1. The average Bonchev–Trinajstić information content (AvgIpc) is 2.79. The van der Waals surface area contributed by atoms with E-state index in [0.29, 0.717) is 19.8 Å². The van der Waals surface area contributed by atoms with Gasteiger partial charge in [-0.25, -0.2) is 0 Å². The summed E-state index contributed by atoms with van der Waals surface area (Å²) in [5.41, 5.74) is 1.91. The fourth-order valence-corrected chi connectivity index (χ4v) is 4.74. The van der Waals surface area contributed by atoms with Gasteiger partial charge >= 0.3 is 0 Å². The number of nitrogens with zero attached hydrogens (tertiary/aromatic N) is 1. The van der Waals surface area contributed by atoms with Crippen LogP contribution >= 0.6 is 15.9 Å². The number of carbonyl (C=O) groups is 1. The number of fused-ring (bicyclic) bond motifs is 1. The van der Waals surface area contributed by atoms with Gasteiger partial charge in [0.25, 0.3) is 0 Å². The first-order valence-electron chi connectivity index (χ1n) is 10.5. The van der Waals surface area contributed by atoms with Crippen molar-refractivity contribution in [1.29, 1.82) is 0 Å². The van der Waals surface area contributed by atoms with E-state index in [9.17, 15) is 4.79 Å². The quantitative estimate of drug-likeness (QED) is 0.539. The van der Waals surface area contributed by atoms with Crippen LogP contribution in [0.5, 0.6) is 0 Å². The number of halogens is 1. The largest absolute Gasteiger partial charge is 0.381 e. The molecule has 1 aliphatic rings. The molecule has 1 N–H and O–H groups in total. The Bertz CT molecular complexity index is 1030. The van der Waals surface area contributed by atoms with Crippen LogP contribution in [0.1, 0.15) is 25.3 Å². The Balaban J connectivity index is 1.58. The maximum Gasteiger partial charge on any atom is 0.240 e. The molecule has 1 amide bonds. The van der Waals surface area contributed by atoms with E-state index in [4.69, 9.17) is 4.74 Å². The molecule has 0 radical (unpaired) electrons. The average molecular weight is 467 g/mol. The molecule has 4 nitrogen and oxygen atoms in total. The van der Waals surface area contributed by atoms with Gasteiger partial charge in [0.2, 0.25) is 5.91 Å². The minimum absolute atomic E-state index is 0.0784. The molecule has 0 unspecified atom stereocenters. The predicted octanol–water partition coefficient (Wildman–Crippen LogP) is 5.25. The number of amides is 1. The van der Waals surface area contributed by atoms with Crippen LogP contribution in [0.4, 0.5) is 5.69 Å². The second-order valence-electron chi connectivity index (χ2n) is 7.69. The maximum atomic E-state index is 13.3. The van der Waals surface area contributed by atoms with E-state index < -0.39 is 0 Å². The molecule has 4 rings (SSSR count). The zero-order chi connectivity index (χ0) is 21.0. The SMILES string of the molecule is CCN(C(=O)CNC1(c2cccc(Br)c2)CCOCC1)c1cccc2ccccc12. The highest BCUT2D eigenvalue weighted by Gasteiger charge is 2.35. The first-order chi connectivity index (χ1) is 14.6. The summed E-state index contributed by atoms with van der Waals surface area (Å²) in [6.07, 6.45) is 1.69. The fraction of sp³-hybridized carbons (Fsp3) is 0.320. The van der Waals surface area contributed by atoms with E-state index in [1.807, 2.05) is 42.2 Å². The zero-order valence-electron chi connectivity index (χ0n) is 17.2. The van der Waals surface area contributed by atoms with Gasteiger partial charge in [-0.05, 0) is 48.9 Å². The second kappa shape index (κ2) is 9.29. The van der Waals surface area contributed by atoms with Gasteiger partial charge in [0.05, 0.1) is 12.2 Å². The lowest BCUT2D eigenvalue weighted by Gasteiger charge is -2.39.